The van der Waals surface area contributed by atoms with Crippen molar-refractivity contribution in [1.82, 2.24) is 0 Å². The number of hydrogen-bond acceptors (Lipinski definition) is 5. The van der Waals surface area contributed by atoms with Crippen LogP contribution >= 0.6 is 11.6 Å². The normalized spacial score (nSPS) is 9.83. The van der Waals surface area contributed by atoms with Crippen molar-refractivity contribution in [3.05, 3.63) is 46.5 Å². The van der Waals surface area contributed by atoms with Crippen LogP contribution in [-0.4, -0.2) is 25.2 Å². The number of carbonyl (C=O) groups is 1. The number of halogens is 1. The van der Waals surface area contributed by atoms with Crippen LogP contribution in [0, 0.1) is 11.3 Å². The number of aromatic hydroxyl groups is 1. The molecule has 0 aromatic heterocycles. The lowest BCUT2D eigenvalue weighted by atomic mass is 10.1. The van der Waals surface area contributed by atoms with E-state index >= 15 is 0 Å². The lowest BCUT2D eigenvalue weighted by molar-refractivity contribution is 0.102. The summed E-state index contributed by atoms with van der Waals surface area (Å²) in [5, 5.41) is 21.8. The number of carbonyl (C=O) groups excluding carboxylic acids is 1. The molecular formula is C16H13ClN2O4. The third kappa shape index (κ3) is 3.47. The molecule has 0 saturated heterocycles. The van der Waals surface area contributed by atoms with Crippen molar-refractivity contribution < 1.29 is 19.4 Å². The third-order valence-electron chi connectivity index (χ3n) is 3.10. The number of nitriles is 1. The molecule has 0 radical (unpaired) electrons. The van der Waals surface area contributed by atoms with E-state index in [1.54, 1.807) is 0 Å². The number of amides is 1. The van der Waals surface area contributed by atoms with E-state index in [0.717, 1.165) is 0 Å². The van der Waals surface area contributed by atoms with Gasteiger partial charge >= 0.3 is 0 Å². The number of rotatable bonds is 4. The first kappa shape index (κ1) is 16.5. The SMILES string of the molecule is COc1cc(C#N)c(NC(=O)c2cc(Cl)ccc2O)cc1OC. The zero-order chi connectivity index (χ0) is 17.0. The predicted octanol–water partition coefficient (Wildman–Crippen LogP) is 3.19. The molecule has 0 bridgehead atoms. The van der Waals surface area contributed by atoms with Gasteiger partial charge in [0, 0.05) is 17.2 Å². The fraction of sp³-hybridized carbons (Fsp3) is 0.125. The van der Waals surface area contributed by atoms with E-state index in [9.17, 15) is 15.2 Å². The molecule has 0 fully saturated rings. The maximum absolute atomic E-state index is 12.3. The molecule has 2 aromatic rings. The average molecular weight is 333 g/mol. The van der Waals surface area contributed by atoms with E-state index in [0.29, 0.717) is 16.5 Å². The summed E-state index contributed by atoms with van der Waals surface area (Å²) in [5.74, 6) is -0.0932. The molecule has 0 atom stereocenters. The first-order chi connectivity index (χ1) is 11.0. The maximum Gasteiger partial charge on any atom is 0.259 e. The monoisotopic (exact) mass is 332 g/mol. The lowest BCUT2D eigenvalue weighted by Gasteiger charge is -2.13. The van der Waals surface area contributed by atoms with E-state index in [-0.39, 0.29) is 22.6 Å². The van der Waals surface area contributed by atoms with Crippen molar-refractivity contribution >= 4 is 23.2 Å². The molecule has 0 aliphatic carbocycles. The molecular weight excluding hydrogens is 320 g/mol. The van der Waals surface area contributed by atoms with Gasteiger partial charge in [-0.1, -0.05) is 11.6 Å². The van der Waals surface area contributed by atoms with Gasteiger partial charge in [-0.2, -0.15) is 5.26 Å². The molecule has 2 aromatic carbocycles. The summed E-state index contributed by atoms with van der Waals surface area (Å²) < 4.78 is 10.3. The summed E-state index contributed by atoms with van der Waals surface area (Å²) in [7, 11) is 2.89. The van der Waals surface area contributed by atoms with Crippen LogP contribution < -0.4 is 14.8 Å². The molecule has 6 nitrogen and oxygen atoms in total. The molecule has 2 N–H and O–H groups in total. The van der Waals surface area contributed by atoms with Crippen LogP contribution in [0.15, 0.2) is 30.3 Å². The van der Waals surface area contributed by atoms with Crippen LogP contribution in [-0.2, 0) is 0 Å². The first-order valence-corrected chi connectivity index (χ1v) is 6.84. The van der Waals surface area contributed by atoms with E-state index in [1.165, 1.54) is 44.6 Å². The first-order valence-electron chi connectivity index (χ1n) is 6.46. The highest BCUT2D eigenvalue weighted by Crippen LogP contribution is 2.33. The topological polar surface area (TPSA) is 91.6 Å². The lowest BCUT2D eigenvalue weighted by Crippen LogP contribution is -2.13. The number of hydrogen-bond donors (Lipinski definition) is 2. The quantitative estimate of drug-likeness (QED) is 0.897. The minimum Gasteiger partial charge on any atom is -0.507 e. The van der Waals surface area contributed by atoms with Gasteiger partial charge in [0.15, 0.2) is 11.5 Å². The maximum atomic E-state index is 12.3. The Bertz CT molecular complexity index is 799. The van der Waals surface area contributed by atoms with Gasteiger partial charge in [0.2, 0.25) is 0 Å². The van der Waals surface area contributed by atoms with Gasteiger partial charge in [0.1, 0.15) is 11.8 Å². The van der Waals surface area contributed by atoms with Gasteiger partial charge in [-0.25, -0.2) is 0 Å². The number of anilines is 1. The Labute approximate surface area is 137 Å². The summed E-state index contributed by atoms with van der Waals surface area (Å²) in [6.07, 6.45) is 0. The molecule has 0 saturated carbocycles. The molecule has 23 heavy (non-hydrogen) atoms. The van der Waals surface area contributed by atoms with E-state index in [4.69, 9.17) is 21.1 Å². The smallest absolute Gasteiger partial charge is 0.259 e. The van der Waals surface area contributed by atoms with Crippen molar-refractivity contribution in [1.29, 1.82) is 5.26 Å². The molecule has 0 unspecified atom stereocenters. The Morgan fingerprint density at radius 1 is 1.22 bits per heavy atom. The number of methoxy groups -OCH3 is 2. The molecule has 0 spiro atoms. The van der Waals surface area contributed by atoms with Crippen LogP contribution in [0.3, 0.4) is 0 Å². The van der Waals surface area contributed by atoms with Gasteiger partial charge in [-0.3, -0.25) is 4.79 Å². The Morgan fingerprint density at radius 2 is 1.87 bits per heavy atom. The fourth-order valence-corrected chi connectivity index (χ4v) is 2.13. The predicted molar refractivity (Wildman–Crippen MR) is 85.3 cm³/mol. The second kappa shape index (κ2) is 6.90. The largest absolute Gasteiger partial charge is 0.507 e. The highest BCUT2D eigenvalue weighted by Gasteiger charge is 2.16. The molecule has 0 aliphatic heterocycles. The second-order valence-corrected chi connectivity index (χ2v) is 4.92. The molecule has 0 heterocycles. The van der Waals surface area contributed by atoms with Gasteiger partial charge in [-0.15, -0.1) is 0 Å². The summed E-state index contributed by atoms with van der Waals surface area (Å²) in [6, 6.07) is 9.00. The number of nitrogens with zero attached hydrogens (tertiary/aromatic N) is 1. The summed E-state index contributed by atoms with van der Waals surface area (Å²) >= 11 is 5.83. The van der Waals surface area contributed by atoms with Gasteiger partial charge in [-0.05, 0) is 18.2 Å². The van der Waals surface area contributed by atoms with Gasteiger partial charge in [0.05, 0.1) is 31.0 Å². The van der Waals surface area contributed by atoms with Crippen LogP contribution in [0.25, 0.3) is 0 Å². The molecule has 0 aliphatic rings. The number of benzene rings is 2. The van der Waals surface area contributed by atoms with Crippen LogP contribution in [0.1, 0.15) is 15.9 Å². The molecule has 118 valence electrons. The van der Waals surface area contributed by atoms with Crippen molar-refractivity contribution in [2.24, 2.45) is 0 Å². The molecule has 1 amide bonds. The van der Waals surface area contributed by atoms with Crippen LogP contribution in [0.2, 0.25) is 5.02 Å². The average Bonchev–Trinajstić information content (AvgIpc) is 2.56. The summed E-state index contributed by atoms with van der Waals surface area (Å²) in [5.41, 5.74) is 0.420. The van der Waals surface area contributed by atoms with Crippen LogP contribution in [0.5, 0.6) is 17.2 Å². The standard InChI is InChI=1S/C16H13ClN2O4/c1-22-14-5-9(8-18)12(7-15(14)23-2)19-16(21)11-6-10(17)3-4-13(11)20/h3-7,20H,1-2H3,(H,19,21). The van der Waals surface area contributed by atoms with Crippen molar-refractivity contribution in [3.8, 4) is 23.3 Å². The Morgan fingerprint density at radius 3 is 2.48 bits per heavy atom. The third-order valence-corrected chi connectivity index (χ3v) is 3.33. The Hall–Kier alpha value is -2.91. The zero-order valence-corrected chi connectivity index (χ0v) is 13.1. The number of nitrogens with one attached hydrogen (secondary N) is 1. The fourth-order valence-electron chi connectivity index (χ4n) is 1.95. The Balaban J connectivity index is 2.41. The Kier molecular flexibility index (Phi) is 4.94. The van der Waals surface area contributed by atoms with E-state index < -0.39 is 5.91 Å². The number of phenolic OH excluding ortho intramolecular Hbond substituents is 1. The van der Waals surface area contributed by atoms with Crippen molar-refractivity contribution in [2.75, 3.05) is 19.5 Å². The van der Waals surface area contributed by atoms with E-state index in [1.807, 2.05) is 6.07 Å². The molecule has 2 rings (SSSR count). The second-order valence-electron chi connectivity index (χ2n) is 4.48. The molecule has 7 heteroatoms. The summed E-state index contributed by atoms with van der Waals surface area (Å²) in [4.78, 5) is 12.3. The zero-order valence-electron chi connectivity index (χ0n) is 12.4. The number of phenols is 1. The van der Waals surface area contributed by atoms with E-state index in [2.05, 4.69) is 5.32 Å². The minimum absolute atomic E-state index is 0.00354. The number of ether oxygens (including phenoxy) is 2. The van der Waals surface area contributed by atoms with Gasteiger partial charge < -0.3 is 19.9 Å². The van der Waals surface area contributed by atoms with Crippen molar-refractivity contribution in [2.45, 2.75) is 0 Å². The van der Waals surface area contributed by atoms with Gasteiger partial charge in [0.25, 0.3) is 5.91 Å². The van der Waals surface area contributed by atoms with Crippen LogP contribution in [0.4, 0.5) is 5.69 Å². The highest BCUT2D eigenvalue weighted by atomic mass is 35.5. The van der Waals surface area contributed by atoms with Crippen molar-refractivity contribution in [3.63, 3.8) is 0 Å². The minimum atomic E-state index is -0.603. The highest BCUT2D eigenvalue weighted by molar-refractivity contribution is 6.31. The summed E-state index contributed by atoms with van der Waals surface area (Å²) in [6.45, 7) is 0.